The molecule has 0 aliphatic carbocycles. The number of fused-ring (bicyclic) bond motifs is 3. The predicted octanol–water partition coefficient (Wildman–Crippen LogP) is 3.45. The Kier molecular flexibility index (Phi) is 4.65. The van der Waals surface area contributed by atoms with E-state index in [1.54, 1.807) is 27.9 Å². The topological polar surface area (TPSA) is 92.6 Å². The van der Waals surface area contributed by atoms with Crippen LogP contribution in [0, 0.1) is 0 Å². The van der Waals surface area contributed by atoms with Gasteiger partial charge in [-0.3, -0.25) is 9.78 Å². The van der Waals surface area contributed by atoms with Gasteiger partial charge in [-0.15, -0.1) is 0 Å². The number of H-pyrrole nitrogens is 1. The maximum atomic E-state index is 12.3. The molecule has 1 aliphatic rings. The van der Waals surface area contributed by atoms with Crippen molar-refractivity contribution in [3.8, 4) is 0 Å². The van der Waals surface area contributed by atoms with E-state index in [-0.39, 0.29) is 17.6 Å². The normalized spacial score (nSPS) is 16.1. The van der Waals surface area contributed by atoms with E-state index in [1.807, 2.05) is 20.8 Å². The van der Waals surface area contributed by atoms with Crippen molar-refractivity contribution in [1.82, 2.24) is 24.5 Å². The number of nitrogens with one attached hydrogen (secondary N) is 1. The molecule has 0 bridgehead atoms. The first-order valence-corrected chi connectivity index (χ1v) is 10.1. The van der Waals surface area contributed by atoms with E-state index < -0.39 is 5.60 Å². The fraction of sp³-hybridized carbons (Fsp3) is 0.474. The van der Waals surface area contributed by atoms with E-state index in [0.29, 0.717) is 24.3 Å². The van der Waals surface area contributed by atoms with Gasteiger partial charge in [-0.25, -0.2) is 9.31 Å². The van der Waals surface area contributed by atoms with Crippen LogP contribution in [0.2, 0.25) is 0 Å². The summed E-state index contributed by atoms with van der Waals surface area (Å²) in [6.07, 6.45) is 4.57. The Labute approximate surface area is 170 Å². The number of carbonyl (C=O) groups excluding carboxylic acids is 1. The molecule has 1 aliphatic heterocycles. The van der Waals surface area contributed by atoms with Gasteiger partial charge in [-0.2, -0.15) is 5.10 Å². The highest BCUT2D eigenvalue weighted by atomic mass is 79.9. The second kappa shape index (κ2) is 6.88. The Hall–Kier alpha value is -2.42. The lowest BCUT2D eigenvalue weighted by Gasteiger charge is -2.33. The van der Waals surface area contributed by atoms with Crippen molar-refractivity contribution < 1.29 is 9.53 Å². The van der Waals surface area contributed by atoms with Gasteiger partial charge in [-0.1, -0.05) is 0 Å². The molecule has 4 rings (SSSR count). The number of halogens is 1. The maximum absolute atomic E-state index is 12.3. The van der Waals surface area contributed by atoms with Gasteiger partial charge in [-0.05, 0) is 49.5 Å². The molecule has 148 valence electrons. The predicted molar refractivity (Wildman–Crippen MR) is 109 cm³/mol. The lowest BCUT2D eigenvalue weighted by atomic mass is 9.93. The number of piperidine rings is 1. The first kappa shape index (κ1) is 18.9. The molecule has 0 unspecified atom stereocenters. The molecule has 3 aromatic rings. The highest BCUT2D eigenvalue weighted by Crippen LogP contribution is 2.31. The SMILES string of the molecule is CC(C)(C)OC(=O)N1CCC(c2cc(=O)[nH]c3c4c(Br)cncc4nn23)CC1. The van der Waals surface area contributed by atoms with Gasteiger partial charge in [0.15, 0.2) is 0 Å². The average molecular weight is 448 g/mol. The molecule has 0 saturated carbocycles. The zero-order chi connectivity index (χ0) is 20.1. The van der Waals surface area contributed by atoms with Crippen molar-refractivity contribution >= 4 is 38.6 Å². The Morgan fingerprint density at radius 3 is 2.68 bits per heavy atom. The van der Waals surface area contributed by atoms with E-state index in [4.69, 9.17) is 4.74 Å². The van der Waals surface area contributed by atoms with Crippen molar-refractivity contribution in [2.75, 3.05) is 13.1 Å². The number of hydrogen-bond acceptors (Lipinski definition) is 5. The van der Waals surface area contributed by atoms with E-state index in [2.05, 4.69) is 31.0 Å². The van der Waals surface area contributed by atoms with Crippen LogP contribution in [0.5, 0.6) is 0 Å². The van der Waals surface area contributed by atoms with Gasteiger partial charge in [0.25, 0.3) is 5.56 Å². The summed E-state index contributed by atoms with van der Waals surface area (Å²) in [5, 5.41) is 5.48. The van der Waals surface area contributed by atoms with E-state index in [0.717, 1.165) is 28.4 Å². The largest absolute Gasteiger partial charge is 0.444 e. The number of rotatable bonds is 1. The highest BCUT2D eigenvalue weighted by molar-refractivity contribution is 9.10. The quantitative estimate of drug-likeness (QED) is 0.616. The number of likely N-dealkylation sites (tertiary alicyclic amines) is 1. The Balaban J connectivity index is 1.64. The molecule has 1 amide bonds. The molecule has 1 fully saturated rings. The van der Waals surface area contributed by atoms with Crippen LogP contribution in [0.3, 0.4) is 0 Å². The third-order valence-corrected chi connectivity index (χ3v) is 5.47. The van der Waals surface area contributed by atoms with Gasteiger partial charge in [0, 0.05) is 35.7 Å². The highest BCUT2D eigenvalue weighted by Gasteiger charge is 2.29. The third kappa shape index (κ3) is 3.50. The fourth-order valence-electron chi connectivity index (χ4n) is 3.62. The number of hydrogen-bond donors (Lipinski definition) is 1. The molecule has 1 N–H and O–H groups in total. The van der Waals surface area contributed by atoms with Gasteiger partial charge in [0.05, 0.1) is 17.3 Å². The minimum Gasteiger partial charge on any atom is -0.444 e. The van der Waals surface area contributed by atoms with Crippen molar-refractivity contribution in [2.24, 2.45) is 0 Å². The van der Waals surface area contributed by atoms with Gasteiger partial charge < -0.3 is 14.6 Å². The van der Waals surface area contributed by atoms with Crippen LogP contribution in [-0.2, 0) is 4.74 Å². The molecule has 0 aromatic carbocycles. The lowest BCUT2D eigenvalue weighted by Crippen LogP contribution is -2.41. The Morgan fingerprint density at radius 2 is 2.00 bits per heavy atom. The smallest absolute Gasteiger partial charge is 0.410 e. The van der Waals surface area contributed by atoms with Gasteiger partial charge in [0.2, 0.25) is 0 Å². The van der Waals surface area contributed by atoms with E-state index in [9.17, 15) is 9.59 Å². The summed E-state index contributed by atoms with van der Waals surface area (Å²) in [5.74, 6) is 0.129. The second-order valence-electron chi connectivity index (χ2n) is 8.08. The molecule has 4 heterocycles. The number of nitrogens with zero attached hydrogens (tertiary/aromatic N) is 4. The summed E-state index contributed by atoms with van der Waals surface area (Å²) in [6.45, 7) is 6.75. The Bertz CT molecular complexity index is 1110. The molecule has 0 radical (unpaired) electrons. The second-order valence-corrected chi connectivity index (χ2v) is 8.93. The molecular formula is C19H22BrN5O3. The van der Waals surface area contributed by atoms with Crippen LogP contribution in [0.15, 0.2) is 27.7 Å². The number of ether oxygens (including phenoxy) is 1. The number of aromatic nitrogens is 4. The standard InChI is InChI=1S/C19H22BrN5O3/c1-19(2,3)28-18(27)24-6-4-11(5-7-24)14-8-15(26)22-17-16-12(20)9-21-10-13(16)23-25(14)17/h8-11H,4-7H2,1-3H3,(H,22,26). The van der Waals surface area contributed by atoms with E-state index >= 15 is 0 Å². The summed E-state index contributed by atoms with van der Waals surface area (Å²) in [5.41, 5.74) is 1.54. The molecule has 3 aromatic heterocycles. The molecule has 0 spiro atoms. The van der Waals surface area contributed by atoms with Crippen molar-refractivity contribution in [2.45, 2.75) is 45.1 Å². The molecule has 9 heteroatoms. The van der Waals surface area contributed by atoms with Crippen LogP contribution in [-0.4, -0.2) is 49.3 Å². The number of aromatic amines is 1. The lowest BCUT2D eigenvalue weighted by molar-refractivity contribution is 0.0203. The van der Waals surface area contributed by atoms with Gasteiger partial charge >= 0.3 is 6.09 Å². The van der Waals surface area contributed by atoms with Crippen LogP contribution in [0.25, 0.3) is 16.6 Å². The molecule has 8 nitrogen and oxygen atoms in total. The van der Waals surface area contributed by atoms with Crippen LogP contribution in [0.1, 0.15) is 45.2 Å². The number of amides is 1. The average Bonchev–Trinajstić information content (AvgIpc) is 2.99. The van der Waals surface area contributed by atoms with Crippen LogP contribution >= 0.6 is 15.9 Å². The molecular weight excluding hydrogens is 426 g/mol. The zero-order valence-corrected chi connectivity index (χ0v) is 17.6. The summed E-state index contributed by atoms with van der Waals surface area (Å²) in [4.78, 5) is 33.4. The summed E-state index contributed by atoms with van der Waals surface area (Å²) < 4.78 is 8.05. The Morgan fingerprint density at radius 1 is 1.29 bits per heavy atom. The van der Waals surface area contributed by atoms with E-state index in [1.165, 1.54) is 0 Å². The van der Waals surface area contributed by atoms with Crippen LogP contribution < -0.4 is 5.56 Å². The molecule has 28 heavy (non-hydrogen) atoms. The van der Waals surface area contributed by atoms with Gasteiger partial charge in [0.1, 0.15) is 16.8 Å². The number of pyridine rings is 1. The monoisotopic (exact) mass is 447 g/mol. The van der Waals surface area contributed by atoms with Crippen molar-refractivity contribution in [1.29, 1.82) is 0 Å². The first-order valence-electron chi connectivity index (χ1n) is 9.26. The number of carbonyl (C=O) groups is 1. The molecule has 1 saturated heterocycles. The minimum atomic E-state index is -0.511. The summed E-state index contributed by atoms with van der Waals surface area (Å²) in [6, 6.07) is 1.61. The van der Waals surface area contributed by atoms with Crippen molar-refractivity contribution in [3.63, 3.8) is 0 Å². The first-order chi connectivity index (χ1) is 13.2. The zero-order valence-electron chi connectivity index (χ0n) is 16.0. The minimum absolute atomic E-state index is 0.129. The summed E-state index contributed by atoms with van der Waals surface area (Å²) >= 11 is 3.49. The van der Waals surface area contributed by atoms with Crippen LogP contribution in [0.4, 0.5) is 4.79 Å². The third-order valence-electron chi connectivity index (χ3n) is 4.87. The summed E-state index contributed by atoms with van der Waals surface area (Å²) in [7, 11) is 0. The maximum Gasteiger partial charge on any atom is 0.410 e. The van der Waals surface area contributed by atoms with Crippen molar-refractivity contribution in [3.05, 3.63) is 39.0 Å². The fourth-order valence-corrected chi connectivity index (χ4v) is 4.13. The molecule has 0 atom stereocenters.